The number of amides is 2. The number of anilines is 1. The van der Waals surface area contributed by atoms with Gasteiger partial charge in [-0.3, -0.25) is 9.59 Å². The van der Waals surface area contributed by atoms with E-state index in [9.17, 15) is 9.59 Å². The fraction of sp³-hybridized carbons (Fsp3) is 0.200. The average Bonchev–Trinajstić information content (AvgIpc) is 3.55. The number of nitrogens with one attached hydrogen (secondary N) is 2. The number of hydrogen-bond acceptors (Lipinski definition) is 7. The molecule has 4 rings (SSSR count). The van der Waals surface area contributed by atoms with Crippen molar-refractivity contribution in [2.45, 2.75) is 26.5 Å². The Morgan fingerprint density at radius 2 is 1.74 bits per heavy atom. The van der Waals surface area contributed by atoms with E-state index in [1.807, 2.05) is 44.2 Å². The van der Waals surface area contributed by atoms with Gasteiger partial charge in [0.2, 0.25) is 11.8 Å². The minimum atomic E-state index is -0.732. The highest BCUT2D eigenvalue weighted by molar-refractivity contribution is 6.00. The summed E-state index contributed by atoms with van der Waals surface area (Å²) in [5, 5.41) is 13.6. The van der Waals surface area contributed by atoms with Crippen molar-refractivity contribution < 1.29 is 23.2 Å². The molecule has 0 saturated carbocycles. The molecule has 0 fully saturated rings. The van der Waals surface area contributed by atoms with E-state index in [0.717, 1.165) is 5.56 Å². The van der Waals surface area contributed by atoms with Crippen LogP contribution in [0.15, 0.2) is 81.8 Å². The van der Waals surface area contributed by atoms with E-state index in [1.54, 1.807) is 36.4 Å². The monoisotopic (exact) mass is 460 g/mol. The Kier molecular flexibility index (Phi) is 7.02. The summed E-state index contributed by atoms with van der Waals surface area (Å²) in [7, 11) is 0. The molecule has 0 aliphatic carbocycles. The summed E-state index contributed by atoms with van der Waals surface area (Å²) >= 11 is 0. The molecular formula is C25H24N4O5. The van der Waals surface area contributed by atoms with Crippen LogP contribution >= 0.6 is 0 Å². The average molecular weight is 460 g/mol. The summed E-state index contributed by atoms with van der Waals surface area (Å²) in [4.78, 5) is 25.0. The van der Waals surface area contributed by atoms with E-state index in [-0.39, 0.29) is 24.2 Å². The quantitative estimate of drug-likeness (QED) is 0.382. The number of carbonyl (C=O) groups excluding carboxylic acids is 2. The van der Waals surface area contributed by atoms with Crippen LogP contribution < -0.4 is 15.4 Å². The summed E-state index contributed by atoms with van der Waals surface area (Å²) in [6, 6.07) is 18.8. The van der Waals surface area contributed by atoms with E-state index >= 15 is 0 Å². The zero-order valence-corrected chi connectivity index (χ0v) is 18.7. The van der Waals surface area contributed by atoms with Gasteiger partial charge in [0.25, 0.3) is 11.8 Å². The van der Waals surface area contributed by atoms with E-state index in [2.05, 4.69) is 20.8 Å². The molecule has 2 heterocycles. The van der Waals surface area contributed by atoms with Gasteiger partial charge in [0.15, 0.2) is 12.4 Å². The number of hydrogen-bond donors (Lipinski definition) is 2. The number of aromatic nitrogens is 2. The highest BCUT2D eigenvalue weighted by Crippen LogP contribution is 2.20. The molecule has 2 N–H and O–H groups in total. The molecule has 2 amide bonds. The fourth-order valence-electron chi connectivity index (χ4n) is 3.16. The van der Waals surface area contributed by atoms with Crippen molar-refractivity contribution >= 4 is 17.5 Å². The molecule has 0 bridgehead atoms. The molecule has 0 radical (unpaired) electrons. The molecule has 2 aromatic heterocycles. The Bertz CT molecular complexity index is 1220. The van der Waals surface area contributed by atoms with E-state index in [0.29, 0.717) is 23.2 Å². The normalized spacial score (nSPS) is 11.7. The van der Waals surface area contributed by atoms with Crippen molar-refractivity contribution in [3.63, 3.8) is 0 Å². The molecule has 174 valence electrons. The van der Waals surface area contributed by atoms with Gasteiger partial charge < -0.3 is 24.2 Å². The summed E-state index contributed by atoms with van der Waals surface area (Å²) < 4.78 is 16.4. The minimum absolute atomic E-state index is 0.111. The first kappa shape index (κ1) is 22.8. The number of rotatable bonds is 9. The van der Waals surface area contributed by atoms with Crippen molar-refractivity contribution in [1.82, 2.24) is 15.5 Å². The van der Waals surface area contributed by atoms with Crippen LogP contribution in [0, 0.1) is 5.92 Å². The lowest BCUT2D eigenvalue weighted by molar-refractivity contribution is -0.118. The Labute approximate surface area is 196 Å². The number of ether oxygens (including phenoxy) is 1. The lowest BCUT2D eigenvalue weighted by Crippen LogP contribution is -2.47. The second-order valence-electron chi connectivity index (χ2n) is 7.84. The van der Waals surface area contributed by atoms with Crippen LogP contribution in [0.2, 0.25) is 0 Å². The summed E-state index contributed by atoms with van der Waals surface area (Å²) in [6.45, 7) is 3.81. The van der Waals surface area contributed by atoms with Gasteiger partial charge in [0.1, 0.15) is 11.8 Å². The molecule has 0 aliphatic heterocycles. The van der Waals surface area contributed by atoms with Gasteiger partial charge in [-0.1, -0.05) is 32.0 Å². The molecule has 0 unspecified atom stereocenters. The van der Waals surface area contributed by atoms with Crippen molar-refractivity contribution in [3.05, 3.63) is 84.6 Å². The third kappa shape index (κ3) is 5.69. The van der Waals surface area contributed by atoms with Gasteiger partial charge in [-0.05, 0) is 54.4 Å². The number of benzene rings is 2. The third-order valence-corrected chi connectivity index (χ3v) is 4.95. The maximum atomic E-state index is 12.8. The Hall–Kier alpha value is -4.40. The van der Waals surface area contributed by atoms with Crippen LogP contribution in [0.4, 0.5) is 5.69 Å². The van der Waals surface area contributed by atoms with Gasteiger partial charge >= 0.3 is 0 Å². The van der Waals surface area contributed by atoms with Crippen LogP contribution in [-0.2, 0) is 11.4 Å². The van der Waals surface area contributed by atoms with Crippen molar-refractivity contribution in [2.24, 2.45) is 5.92 Å². The highest BCUT2D eigenvalue weighted by Gasteiger charge is 2.25. The molecule has 0 spiro atoms. The molecule has 0 saturated heterocycles. The first-order valence-electron chi connectivity index (χ1n) is 10.8. The lowest BCUT2D eigenvalue weighted by atomic mass is 10.0. The van der Waals surface area contributed by atoms with E-state index in [4.69, 9.17) is 13.6 Å². The molecule has 9 nitrogen and oxygen atoms in total. The largest absolute Gasteiger partial charge is 0.484 e. The molecule has 9 heteroatoms. The number of carbonyl (C=O) groups is 2. The van der Waals surface area contributed by atoms with Crippen molar-refractivity contribution in [2.75, 3.05) is 5.32 Å². The summed E-state index contributed by atoms with van der Waals surface area (Å²) in [5.41, 5.74) is 1.40. The maximum Gasteiger partial charge on any atom is 0.287 e. The highest BCUT2D eigenvalue weighted by atomic mass is 16.5. The van der Waals surface area contributed by atoms with Gasteiger partial charge in [0.05, 0.1) is 6.26 Å². The second-order valence-corrected chi connectivity index (χ2v) is 7.84. The first-order valence-corrected chi connectivity index (χ1v) is 10.8. The van der Waals surface area contributed by atoms with Gasteiger partial charge in [0, 0.05) is 11.3 Å². The predicted molar refractivity (Wildman–Crippen MR) is 124 cm³/mol. The molecule has 0 aliphatic rings. The lowest BCUT2D eigenvalue weighted by Gasteiger charge is -2.21. The zero-order valence-electron chi connectivity index (χ0n) is 18.7. The molecule has 1 atom stereocenters. The Morgan fingerprint density at radius 3 is 2.41 bits per heavy atom. The van der Waals surface area contributed by atoms with Crippen LogP contribution in [-0.4, -0.2) is 28.1 Å². The predicted octanol–water partition coefficient (Wildman–Crippen LogP) is 4.30. The third-order valence-electron chi connectivity index (χ3n) is 4.95. The topological polar surface area (TPSA) is 119 Å². The number of nitrogens with zero attached hydrogens (tertiary/aromatic N) is 2. The molecule has 34 heavy (non-hydrogen) atoms. The molecule has 4 aromatic rings. The maximum absolute atomic E-state index is 12.8. The SMILES string of the molecule is CC(C)[C@@H](NC(=O)c1ccco1)C(=O)Nc1ccc(OCc2nnc(-c3ccccc3)o2)cc1. The van der Waals surface area contributed by atoms with E-state index in [1.165, 1.54) is 6.26 Å². The standard InChI is InChI=1S/C25H24N4O5/c1-16(2)22(27-23(30)20-9-6-14-32-20)24(31)26-18-10-12-19(13-11-18)33-15-21-28-29-25(34-21)17-7-4-3-5-8-17/h3-14,16,22H,15H2,1-2H3,(H,26,31)(H,27,30)/t22-/m1/s1. The summed E-state index contributed by atoms with van der Waals surface area (Å²) in [6.07, 6.45) is 1.41. The Morgan fingerprint density at radius 1 is 0.971 bits per heavy atom. The van der Waals surface area contributed by atoms with Crippen molar-refractivity contribution in [1.29, 1.82) is 0 Å². The van der Waals surface area contributed by atoms with Crippen LogP contribution in [0.3, 0.4) is 0 Å². The van der Waals surface area contributed by atoms with Crippen molar-refractivity contribution in [3.8, 4) is 17.2 Å². The smallest absolute Gasteiger partial charge is 0.287 e. The zero-order chi connectivity index (χ0) is 23.9. The first-order chi connectivity index (χ1) is 16.5. The molecule has 2 aromatic carbocycles. The van der Waals surface area contributed by atoms with Gasteiger partial charge in [-0.25, -0.2) is 0 Å². The fourth-order valence-corrected chi connectivity index (χ4v) is 3.16. The van der Waals surface area contributed by atoms with Crippen LogP contribution in [0.25, 0.3) is 11.5 Å². The van der Waals surface area contributed by atoms with E-state index < -0.39 is 11.9 Å². The van der Waals surface area contributed by atoms with Crippen LogP contribution in [0.1, 0.15) is 30.3 Å². The second kappa shape index (κ2) is 10.5. The number of furan rings is 1. The molecular weight excluding hydrogens is 436 g/mol. The van der Waals surface area contributed by atoms with Gasteiger partial charge in [-0.2, -0.15) is 0 Å². The van der Waals surface area contributed by atoms with Gasteiger partial charge in [-0.15, -0.1) is 10.2 Å². The minimum Gasteiger partial charge on any atom is -0.484 e. The Balaban J connectivity index is 1.31. The summed E-state index contributed by atoms with van der Waals surface area (Å²) in [5.74, 6) is 0.596. The van der Waals surface area contributed by atoms with Crippen LogP contribution in [0.5, 0.6) is 5.75 Å².